The average molecular weight is 444 g/mol. The van der Waals surface area contributed by atoms with Crippen LogP contribution in [0.3, 0.4) is 0 Å². The van der Waals surface area contributed by atoms with Crippen LogP contribution in [0, 0.1) is 0 Å². The molecule has 1 heterocycles. The van der Waals surface area contributed by atoms with Gasteiger partial charge >= 0.3 is 11.9 Å². The third-order valence-electron chi connectivity index (χ3n) is 6.28. The number of fused-ring (bicyclic) bond motifs is 3. The minimum Gasteiger partial charge on any atom is -0.493 e. The fourth-order valence-corrected chi connectivity index (χ4v) is 4.87. The fourth-order valence-electron chi connectivity index (χ4n) is 4.87. The summed E-state index contributed by atoms with van der Waals surface area (Å²) in [4.78, 5) is 25.7. The second-order valence-corrected chi connectivity index (χ2v) is 7.53. The molecule has 1 saturated heterocycles. The van der Waals surface area contributed by atoms with Crippen molar-refractivity contribution in [1.29, 1.82) is 0 Å². The van der Waals surface area contributed by atoms with Crippen LogP contribution in [0.25, 0.3) is 0 Å². The van der Waals surface area contributed by atoms with E-state index in [1.54, 1.807) is 30.3 Å². The second kappa shape index (κ2) is 7.59. The molecule has 9 heteroatoms. The van der Waals surface area contributed by atoms with E-state index in [1.807, 2.05) is 0 Å². The summed E-state index contributed by atoms with van der Waals surface area (Å²) in [7, 11) is 7.06. The first-order valence-corrected chi connectivity index (χ1v) is 9.83. The second-order valence-electron chi connectivity index (χ2n) is 7.53. The van der Waals surface area contributed by atoms with Crippen LogP contribution in [0.2, 0.25) is 0 Å². The van der Waals surface area contributed by atoms with E-state index in [0.29, 0.717) is 34.1 Å². The number of carbonyl (C=O) groups is 2. The molecule has 0 unspecified atom stereocenters. The van der Waals surface area contributed by atoms with Crippen LogP contribution in [0.5, 0.6) is 23.0 Å². The molecule has 3 atom stereocenters. The standard InChI is InChI=1S/C23H24O9/c1-27-16-7-6-12(8-17(16)28-2)22(26)14-10-19(30-4)18(29-3)9-13(14)15-11-20(24)32-23(15,22)21(25)31-5/h6-10,15,26H,11H2,1-5H3/t15-,22-,23+/m0/s1. The van der Waals surface area contributed by atoms with E-state index >= 15 is 0 Å². The highest BCUT2D eigenvalue weighted by molar-refractivity contribution is 5.94. The SMILES string of the molecule is COC(=O)[C@]12OC(=O)C[C@H]1c1cc(OC)c(OC)cc1[C@@]2(O)c1ccc(OC)c(OC)c1. The molecule has 4 rings (SSSR count). The van der Waals surface area contributed by atoms with Crippen LogP contribution >= 0.6 is 0 Å². The molecule has 0 spiro atoms. The van der Waals surface area contributed by atoms with Gasteiger partial charge in [0, 0.05) is 11.5 Å². The number of carbonyl (C=O) groups excluding carboxylic acids is 2. The third kappa shape index (κ3) is 2.60. The molecule has 1 fully saturated rings. The molecule has 0 aromatic heterocycles. The van der Waals surface area contributed by atoms with E-state index in [0.717, 1.165) is 0 Å². The van der Waals surface area contributed by atoms with Crippen molar-refractivity contribution in [3.05, 3.63) is 47.0 Å². The normalized spacial score (nSPS) is 25.4. The van der Waals surface area contributed by atoms with E-state index in [-0.39, 0.29) is 12.0 Å². The van der Waals surface area contributed by atoms with Crippen LogP contribution in [0.4, 0.5) is 0 Å². The largest absolute Gasteiger partial charge is 0.493 e. The summed E-state index contributed by atoms with van der Waals surface area (Å²) in [6.07, 6.45) is -0.118. The Hall–Kier alpha value is -3.46. The lowest BCUT2D eigenvalue weighted by molar-refractivity contribution is -0.197. The molecule has 170 valence electrons. The summed E-state index contributed by atoms with van der Waals surface area (Å²) in [6.45, 7) is 0. The summed E-state index contributed by atoms with van der Waals surface area (Å²) >= 11 is 0. The van der Waals surface area contributed by atoms with Gasteiger partial charge in [0.05, 0.1) is 42.0 Å². The van der Waals surface area contributed by atoms with Gasteiger partial charge in [-0.3, -0.25) is 4.79 Å². The molecular formula is C23H24O9. The number of esters is 2. The Morgan fingerprint density at radius 1 is 0.938 bits per heavy atom. The van der Waals surface area contributed by atoms with Crippen LogP contribution in [-0.2, 0) is 24.7 Å². The number of aliphatic hydroxyl groups is 1. The number of hydrogen-bond acceptors (Lipinski definition) is 9. The Morgan fingerprint density at radius 2 is 1.53 bits per heavy atom. The molecule has 1 aliphatic heterocycles. The lowest BCUT2D eigenvalue weighted by atomic mass is 9.74. The Labute approximate surface area is 184 Å². The molecule has 0 bridgehead atoms. The van der Waals surface area contributed by atoms with Gasteiger partial charge in [0.15, 0.2) is 28.6 Å². The van der Waals surface area contributed by atoms with Crippen LogP contribution in [-0.4, -0.2) is 58.2 Å². The zero-order chi connectivity index (χ0) is 23.3. The number of methoxy groups -OCH3 is 5. The number of benzene rings is 2. The summed E-state index contributed by atoms with van der Waals surface area (Å²) in [5.74, 6) is -0.821. The highest BCUT2D eigenvalue weighted by Gasteiger charge is 2.74. The summed E-state index contributed by atoms with van der Waals surface area (Å²) in [6, 6.07) is 7.96. The molecular weight excluding hydrogens is 420 g/mol. The summed E-state index contributed by atoms with van der Waals surface area (Å²) in [5, 5.41) is 12.4. The highest BCUT2D eigenvalue weighted by Crippen LogP contribution is 2.63. The molecule has 2 aromatic rings. The van der Waals surface area contributed by atoms with Crippen molar-refractivity contribution in [1.82, 2.24) is 0 Å². The van der Waals surface area contributed by atoms with Gasteiger partial charge in [-0.05, 0) is 35.4 Å². The van der Waals surface area contributed by atoms with E-state index < -0.39 is 29.1 Å². The minimum absolute atomic E-state index is 0.118. The Balaban J connectivity index is 2.09. The first-order valence-electron chi connectivity index (χ1n) is 9.83. The van der Waals surface area contributed by atoms with E-state index in [4.69, 9.17) is 28.4 Å². The van der Waals surface area contributed by atoms with Gasteiger partial charge in [-0.25, -0.2) is 4.79 Å². The minimum atomic E-state index is -2.11. The van der Waals surface area contributed by atoms with E-state index in [2.05, 4.69) is 0 Å². The maximum absolute atomic E-state index is 13.2. The monoisotopic (exact) mass is 444 g/mol. The lowest BCUT2D eigenvalue weighted by Gasteiger charge is -2.39. The predicted octanol–water partition coefficient (Wildman–Crippen LogP) is 1.91. The first kappa shape index (κ1) is 21.8. The topological polar surface area (TPSA) is 110 Å². The summed E-state index contributed by atoms with van der Waals surface area (Å²) in [5.41, 5.74) is -3.03. The van der Waals surface area contributed by atoms with Crippen molar-refractivity contribution in [3.8, 4) is 23.0 Å². The van der Waals surface area contributed by atoms with Gasteiger partial charge in [-0.1, -0.05) is 6.07 Å². The van der Waals surface area contributed by atoms with Gasteiger partial charge in [0.25, 0.3) is 5.60 Å². The molecule has 1 aliphatic carbocycles. The molecule has 9 nitrogen and oxygen atoms in total. The van der Waals surface area contributed by atoms with Gasteiger partial charge in [-0.15, -0.1) is 0 Å². The fraction of sp³-hybridized carbons (Fsp3) is 0.391. The van der Waals surface area contributed by atoms with Crippen molar-refractivity contribution < 1.29 is 43.1 Å². The van der Waals surface area contributed by atoms with E-state index in [9.17, 15) is 14.7 Å². The molecule has 0 amide bonds. The number of ether oxygens (including phenoxy) is 6. The number of hydrogen-bond donors (Lipinski definition) is 1. The molecule has 0 radical (unpaired) electrons. The molecule has 1 N–H and O–H groups in total. The van der Waals surface area contributed by atoms with Gasteiger partial charge in [0.2, 0.25) is 0 Å². The Morgan fingerprint density at radius 3 is 2.12 bits per heavy atom. The van der Waals surface area contributed by atoms with Gasteiger partial charge < -0.3 is 33.5 Å². The van der Waals surface area contributed by atoms with Crippen LogP contribution < -0.4 is 18.9 Å². The zero-order valence-corrected chi connectivity index (χ0v) is 18.4. The zero-order valence-electron chi connectivity index (χ0n) is 18.4. The van der Waals surface area contributed by atoms with Crippen molar-refractivity contribution in [2.75, 3.05) is 35.5 Å². The van der Waals surface area contributed by atoms with Crippen molar-refractivity contribution in [3.63, 3.8) is 0 Å². The first-order chi connectivity index (χ1) is 15.3. The molecule has 32 heavy (non-hydrogen) atoms. The Kier molecular flexibility index (Phi) is 5.16. The molecule has 2 aromatic carbocycles. The maximum atomic E-state index is 13.2. The Bertz CT molecular complexity index is 1100. The number of rotatable bonds is 6. The molecule has 2 aliphatic rings. The maximum Gasteiger partial charge on any atom is 0.354 e. The van der Waals surface area contributed by atoms with Crippen molar-refractivity contribution in [2.45, 2.75) is 23.5 Å². The van der Waals surface area contributed by atoms with Gasteiger partial charge in [-0.2, -0.15) is 0 Å². The quantitative estimate of drug-likeness (QED) is 0.668. The van der Waals surface area contributed by atoms with Crippen LogP contribution in [0.15, 0.2) is 30.3 Å². The van der Waals surface area contributed by atoms with Crippen molar-refractivity contribution >= 4 is 11.9 Å². The lowest BCUT2D eigenvalue weighted by Crippen LogP contribution is -2.57. The summed E-state index contributed by atoms with van der Waals surface area (Å²) < 4.78 is 32.2. The smallest absolute Gasteiger partial charge is 0.354 e. The van der Waals surface area contributed by atoms with E-state index in [1.165, 1.54) is 35.5 Å². The third-order valence-corrected chi connectivity index (χ3v) is 6.28. The average Bonchev–Trinajstić information content (AvgIpc) is 3.27. The van der Waals surface area contributed by atoms with Gasteiger partial charge in [0.1, 0.15) is 0 Å². The molecule has 0 saturated carbocycles. The predicted molar refractivity (Wildman–Crippen MR) is 110 cm³/mol. The van der Waals surface area contributed by atoms with Crippen LogP contribution in [0.1, 0.15) is 29.0 Å². The van der Waals surface area contributed by atoms with Crippen molar-refractivity contribution in [2.24, 2.45) is 0 Å². The highest BCUT2D eigenvalue weighted by atomic mass is 16.6.